The second-order valence-corrected chi connectivity index (χ2v) is 6.18. The van der Waals surface area contributed by atoms with Gasteiger partial charge in [-0.3, -0.25) is 0 Å². The Morgan fingerprint density at radius 2 is 1.08 bits per heavy atom. The van der Waals surface area contributed by atoms with Crippen LogP contribution in [0, 0.1) is 0 Å². The Morgan fingerprint density at radius 3 is 1.36 bits per heavy atom. The predicted molar refractivity (Wildman–Crippen MR) is 99.0 cm³/mol. The highest BCUT2D eigenvalue weighted by Crippen LogP contribution is 2.06. The summed E-state index contributed by atoms with van der Waals surface area (Å²) in [6.45, 7) is 12.8. The van der Waals surface area contributed by atoms with E-state index in [0.717, 1.165) is 51.9 Å². The highest BCUT2D eigenvalue weighted by molar-refractivity contribution is 6.50. The molecule has 152 valence electrons. The number of nitrogens with zero attached hydrogens (tertiary/aromatic N) is 2. The van der Waals surface area contributed by atoms with E-state index in [9.17, 15) is 22.4 Å². The first-order valence-electron chi connectivity index (χ1n) is 9.64. The van der Waals surface area contributed by atoms with Crippen LogP contribution >= 0.6 is 0 Å². The molecule has 0 radical (unpaired) electrons. The first-order valence-corrected chi connectivity index (χ1v) is 9.64. The van der Waals surface area contributed by atoms with Gasteiger partial charge in [0, 0.05) is 0 Å². The fourth-order valence-corrected chi connectivity index (χ4v) is 2.22. The van der Waals surface area contributed by atoms with E-state index in [-0.39, 0.29) is 0 Å². The molecule has 0 aromatic carbocycles. The Morgan fingerprint density at radius 1 is 0.760 bits per heavy atom. The maximum absolute atomic E-state index is 10.6. The van der Waals surface area contributed by atoms with Crippen LogP contribution in [0.4, 0.5) is 17.3 Å². The van der Waals surface area contributed by atoms with Crippen molar-refractivity contribution in [3.63, 3.8) is 0 Å². The van der Waals surface area contributed by atoms with Crippen molar-refractivity contribution in [2.24, 2.45) is 0 Å². The Bertz CT molecular complexity index is 315. The molecule has 0 amide bonds. The number of hydrogen-bond acceptors (Lipinski definition) is 0. The van der Waals surface area contributed by atoms with Gasteiger partial charge in [0.2, 0.25) is 0 Å². The molecule has 0 aliphatic carbocycles. The molecule has 0 unspecified atom stereocenters. The van der Waals surface area contributed by atoms with Gasteiger partial charge >= 0.3 is 13.3 Å². The topological polar surface area (TPSA) is 26.5 Å². The van der Waals surface area contributed by atoms with Crippen LogP contribution in [0.15, 0.2) is 0 Å². The minimum Gasteiger partial charge on any atom is -0.447 e. The molecule has 0 heterocycles. The molecule has 0 aliphatic heterocycles. The Balaban J connectivity index is 0. The summed E-state index contributed by atoms with van der Waals surface area (Å²) < 4.78 is 41.2. The van der Waals surface area contributed by atoms with Gasteiger partial charge in [-0.15, -0.1) is 0 Å². The van der Waals surface area contributed by atoms with Crippen molar-refractivity contribution in [3.8, 4) is 0 Å². The number of rotatable bonds is 12. The first-order chi connectivity index (χ1) is 11.7. The highest BCUT2D eigenvalue weighted by atomic mass is 19.5. The van der Waals surface area contributed by atoms with Crippen LogP contribution in [0.25, 0.3) is 0 Å². The number of hydrogen-bond donors (Lipinski definition) is 1. The summed E-state index contributed by atoms with van der Waals surface area (Å²) in [6.07, 6.45) is 9.35. The summed E-state index contributed by atoms with van der Waals surface area (Å²) in [7, 11) is -6.00. The molecule has 0 atom stereocenters. The van der Waals surface area contributed by atoms with Crippen LogP contribution in [0.1, 0.15) is 79.1 Å². The summed E-state index contributed by atoms with van der Waals surface area (Å²) in [4.78, 5) is 2.19. The van der Waals surface area contributed by atoms with Crippen molar-refractivity contribution < 1.29 is 26.9 Å². The molecule has 25 heavy (non-hydrogen) atoms. The fraction of sp³-hybridized carbons (Fsp3) is 0.941. The number of halogens is 4. The van der Waals surface area contributed by atoms with Crippen LogP contribution in [0.5, 0.6) is 0 Å². The molecule has 0 aliphatic rings. The molecule has 3 nitrogen and oxygen atoms in total. The third-order valence-electron chi connectivity index (χ3n) is 3.69. The molecular formula is C17H37BF4N2O. The predicted octanol–water partition coefficient (Wildman–Crippen LogP) is 5.72. The zero-order chi connectivity index (χ0) is 19.7. The van der Waals surface area contributed by atoms with E-state index in [1.54, 1.807) is 0 Å². The summed E-state index contributed by atoms with van der Waals surface area (Å²) in [6, 6.07) is 0.522. The Labute approximate surface area is 151 Å². The average Bonchev–Trinajstić information content (AvgIpc) is 2.53. The molecule has 0 saturated carbocycles. The second kappa shape index (κ2) is 16.5. The van der Waals surface area contributed by atoms with E-state index in [0.29, 0.717) is 6.02 Å². The van der Waals surface area contributed by atoms with Gasteiger partial charge < -0.3 is 22.4 Å². The maximum atomic E-state index is 10.6. The monoisotopic (exact) mass is 372 g/mol. The Hall–Kier alpha value is -0.945. The smallest absolute Gasteiger partial charge is 0.447 e. The fourth-order valence-electron chi connectivity index (χ4n) is 2.22. The van der Waals surface area contributed by atoms with Crippen LogP contribution in [0.3, 0.4) is 0 Å². The lowest BCUT2D eigenvalue weighted by molar-refractivity contribution is -0.542. The normalized spacial score (nSPS) is 10.9. The Kier molecular flexibility index (Phi) is 17.4. The lowest BCUT2D eigenvalue weighted by Crippen LogP contribution is -2.40. The summed E-state index contributed by atoms with van der Waals surface area (Å²) in [5, 5.41) is 10.6. The van der Waals surface area contributed by atoms with Gasteiger partial charge in [-0.25, -0.2) is 9.48 Å². The average molecular weight is 372 g/mol. The zero-order valence-electron chi connectivity index (χ0n) is 16.4. The molecule has 0 saturated heterocycles. The summed E-state index contributed by atoms with van der Waals surface area (Å²) >= 11 is 0. The van der Waals surface area contributed by atoms with E-state index in [1.807, 2.05) is 0 Å². The molecule has 0 aromatic rings. The summed E-state index contributed by atoms with van der Waals surface area (Å²) in [5.41, 5.74) is 0. The van der Waals surface area contributed by atoms with Gasteiger partial charge in [0.1, 0.15) is 0 Å². The lowest BCUT2D eigenvalue weighted by atomic mass is 10.2. The zero-order valence-corrected chi connectivity index (χ0v) is 16.4. The highest BCUT2D eigenvalue weighted by Gasteiger charge is 2.21. The number of unbranched alkanes of at least 4 members (excludes halogenated alkanes) is 4. The van der Waals surface area contributed by atoms with Gasteiger partial charge in [0.15, 0.2) is 0 Å². The van der Waals surface area contributed by atoms with Gasteiger partial charge in [0.25, 0.3) is 0 Å². The molecular weight excluding hydrogens is 335 g/mol. The minimum atomic E-state index is -6.00. The maximum Gasteiger partial charge on any atom is 0.673 e. The molecule has 0 fully saturated rings. The van der Waals surface area contributed by atoms with Crippen molar-refractivity contribution >= 4 is 13.3 Å². The van der Waals surface area contributed by atoms with E-state index < -0.39 is 7.25 Å². The van der Waals surface area contributed by atoms with E-state index in [1.165, 1.54) is 25.7 Å². The number of aliphatic hydroxyl groups excluding tert-OH is 1. The minimum absolute atomic E-state index is 0.522. The van der Waals surface area contributed by atoms with E-state index >= 15 is 0 Å². The SMILES string of the molecule is CCCCN(CCCC)C(O)=[N+](CCCC)CCCC.F[B-](F)(F)F. The van der Waals surface area contributed by atoms with Crippen molar-refractivity contribution in [2.45, 2.75) is 79.1 Å². The van der Waals surface area contributed by atoms with Crippen LogP contribution in [-0.2, 0) is 0 Å². The third kappa shape index (κ3) is 19.2. The molecule has 0 aromatic heterocycles. The number of amidine groups is 1. The quantitative estimate of drug-likeness (QED) is 0.156. The van der Waals surface area contributed by atoms with Gasteiger partial charge in [-0.2, -0.15) is 0 Å². The standard InChI is InChI=1S/C17H36N2O.BF4/c1-5-9-13-18(14-10-6-2)17(20)19(15-11-7-3)16-12-8-4;2-1(3,4)5/h5-16H2,1-4H3;/q;-1/p+1. The van der Waals surface area contributed by atoms with Crippen molar-refractivity contribution in [1.29, 1.82) is 0 Å². The van der Waals surface area contributed by atoms with Gasteiger partial charge in [-0.1, -0.05) is 53.4 Å². The van der Waals surface area contributed by atoms with Crippen molar-refractivity contribution in [3.05, 3.63) is 0 Å². The van der Waals surface area contributed by atoms with Gasteiger partial charge in [0.05, 0.1) is 26.2 Å². The van der Waals surface area contributed by atoms with Crippen LogP contribution in [-0.4, -0.2) is 54.0 Å². The van der Waals surface area contributed by atoms with Crippen LogP contribution < -0.4 is 0 Å². The first kappa shape index (κ1) is 26.3. The lowest BCUT2D eigenvalue weighted by Gasteiger charge is -2.18. The second-order valence-electron chi connectivity index (χ2n) is 6.18. The molecule has 8 heteroatoms. The van der Waals surface area contributed by atoms with Crippen molar-refractivity contribution in [1.82, 2.24) is 4.90 Å². The molecule has 0 bridgehead atoms. The molecule has 0 spiro atoms. The number of aliphatic hydroxyl groups is 1. The van der Waals surface area contributed by atoms with Crippen LogP contribution in [0.2, 0.25) is 0 Å². The third-order valence-corrected chi connectivity index (χ3v) is 3.69. The van der Waals surface area contributed by atoms with Gasteiger partial charge in [-0.05, 0) is 25.7 Å². The van der Waals surface area contributed by atoms with E-state index in [2.05, 4.69) is 37.2 Å². The largest absolute Gasteiger partial charge is 0.673 e. The van der Waals surface area contributed by atoms with Crippen molar-refractivity contribution in [2.75, 3.05) is 26.2 Å². The molecule has 1 N–H and O–H groups in total. The van der Waals surface area contributed by atoms with E-state index in [4.69, 9.17) is 0 Å². The molecule has 0 rings (SSSR count). The summed E-state index contributed by atoms with van der Waals surface area (Å²) in [5.74, 6) is 0.